The van der Waals surface area contributed by atoms with Crippen LogP contribution in [0, 0.1) is 0 Å². The second-order valence-corrected chi connectivity index (χ2v) is 3.87. The molecular formula is C12H11BrO3. The molecule has 0 heterocycles. The summed E-state index contributed by atoms with van der Waals surface area (Å²) in [6, 6.07) is 6.90. The van der Waals surface area contributed by atoms with Crippen LogP contribution in [-0.4, -0.2) is 18.4 Å². The molecule has 0 aliphatic carbocycles. The van der Waals surface area contributed by atoms with Gasteiger partial charge in [0.2, 0.25) is 0 Å². The number of esters is 1. The van der Waals surface area contributed by atoms with Crippen LogP contribution in [0.2, 0.25) is 0 Å². The van der Waals surface area contributed by atoms with Gasteiger partial charge in [0.15, 0.2) is 5.78 Å². The number of carbonyl (C=O) groups excluding carboxylic acids is 2. The minimum absolute atomic E-state index is 0.222. The lowest BCUT2D eigenvalue weighted by atomic mass is 10.1. The van der Waals surface area contributed by atoms with Crippen LogP contribution in [0.5, 0.6) is 0 Å². The van der Waals surface area contributed by atoms with Crippen molar-refractivity contribution in [1.82, 2.24) is 0 Å². The molecule has 3 nitrogen and oxygen atoms in total. The molecule has 84 valence electrons. The molecule has 0 atom stereocenters. The highest BCUT2D eigenvalue weighted by molar-refractivity contribution is 9.10. The summed E-state index contributed by atoms with van der Waals surface area (Å²) >= 11 is 3.27. The Morgan fingerprint density at radius 3 is 2.44 bits per heavy atom. The summed E-state index contributed by atoms with van der Waals surface area (Å²) in [5, 5.41) is 0. The molecule has 1 aromatic rings. The van der Waals surface area contributed by atoms with E-state index in [-0.39, 0.29) is 5.78 Å². The molecule has 0 radical (unpaired) electrons. The fourth-order valence-corrected chi connectivity index (χ4v) is 1.31. The smallest absolute Gasteiger partial charge is 0.330 e. The summed E-state index contributed by atoms with van der Waals surface area (Å²) in [6.07, 6.45) is 2.34. The lowest BCUT2D eigenvalue weighted by Gasteiger charge is -1.96. The van der Waals surface area contributed by atoms with E-state index in [9.17, 15) is 9.59 Å². The number of ether oxygens (including phenoxy) is 1. The van der Waals surface area contributed by atoms with Crippen molar-refractivity contribution in [1.29, 1.82) is 0 Å². The second kappa shape index (κ2) is 6.23. The van der Waals surface area contributed by atoms with Crippen LogP contribution in [0.3, 0.4) is 0 Å². The Kier molecular flexibility index (Phi) is 4.92. The SMILES string of the molecule is CCOC(=O)C=CC(=O)c1ccc(Br)cc1. The van der Waals surface area contributed by atoms with E-state index in [4.69, 9.17) is 0 Å². The maximum absolute atomic E-state index is 11.6. The molecule has 0 saturated heterocycles. The van der Waals surface area contributed by atoms with Gasteiger partial charge < -0.3 is 4.74 Å². The first-order chi connectivity index (χ1) is 7.63. The van der Waals surface area contributed by atoms with E-state index in [1.54, 1.807) is 31.2 Å². The maximum atomic E-state index is 11.6. The third-order valence-corrected chi connectivity index (χ3v) is 2.31. The van der Waals surface area contributed by atoms with Crippen molar-refractivity contribution in [2.45, 2.75) is 6.92 Å². The number of carbonyl (C=O) groups is 2. The van der Waals surface area contributed by atoms with Gasteiger partial charge in [0.05, 0.1) is 6.61 Å². The lowest BCUT2D eigenvalue weighted by Crippen LogP contribution is -2.01. The molecule has 0 amide bonds. The van der Waals surface area contributed by atoms with Crippen molar-refractivity contribution >= 4 is 27.7 Å². The van der Waals surface area contributed by atoms with Crippen molar-refractivity contribution in [2.75, 3.05) is 6.61 Å². The molecule has 1 rings (SSSR count). The van der Waals surface area contributed by atoms with E-state index < -0.39 is 5.97 Å². The van der Waals surface area contributed by atoms with Crippen molar-refractivity contribution in [3.63, 3.8) is 0 Å². The number of benzene rings is 1. The third-order valence-electron chi connectivity index (χ3n) is 1.79. The number of rotatable bonds is 4. The first-order valence-electron chi connectivity index (χ1n) is 4.78. The molecule has 0 aromatic heterocycles. The van der Waals surface area contributed by atoms with E-state index in [1.165, 1.54) is 6.08 Å². The predicted molar refractivity (Wildman–Crippen MR) is 64.2 cm³/mol. The molecule has 0 bridgehead atoms. The molecule has 0 N–H and O–H groups in total. The Morgan fingerprint density at radius 2 is 1.88 bits per heavy atom. The quantitative estimate of drug-likeness (QED) is 0.485. The Bertz CT molecular complexity index is 407. The summed E-state index contributed by atoms with van der Waals surface area (Å²) in [5.41, 5.74) is 0.531. The number of allylic oxidation sites excluding steroid dienone is 1. The van der Waals surface area contributed by atoms with Gasteiger partial charge in [-0.25, -0.2) is 4.79 Å². The zero-order chi connectivity index (χ0) is 12.0. The Morgan fingerprint density at radius 1 is 1.25 bits per heavy atom. The maximum Gasteiger partial charge on any atom is 0.330 e. The van der Waals surface area contributed by atoms with E-state index >= 15 is 0 Å². The van der Waals surface area contributed by atoms with Gasteiger partial charge in [0.1, 0.15) is 0 Å². The number of hydrogen-bond acceptors (Lipinski definition) is 3. The number of halogens is 1. The van der Waals surface area contributed by atoms with Crippen molar-refractivity contribution in [3.8, 4) is 0 Å². The van der Waals surface area contributed by atoms with Gasteiger partial charge in [-0.3, -0.25) is 4.79 Å². The van der Waals surface area contributed by atoms with Crippen LogP contribution in [0.15, 0.2) is 40.9 Å². The van der Waals surface area contributed by atoms with Crippen LogP contribution in [0.4, 0.5) is 0 Å². The van der Waals surface area contributed by atoms with Crippen LogP contribution in [0.1, 0.15) is 17.3 Å². The molecule has 0 spiro atoms. The minimum Gasteiger partial charge on any atom is -0.463 e. The average Bonchev–Trinajstić information content (AvgIpc) is 2.27. The van der Waals surface area contributed by atoms with E-state index in [0.29, 0.717) is 12.2 Å². The van der Waals surface area contributed by atoms with Crippen molar-refractivity contribution in [3.05, 3.63) is 46.5 Å². The van der Waals surface area contributed by atoms with Crippen LogP contribution in [-0.2, 0) is 9.53 Å². The van der Waals surface area contributed by atoms with E-state index in [1.807, 2.05) is 0 Å². The standard InChI is InChI=1S/C12H11BrO3/c1-2-16-12(15)8-7-11(14)9-3-5-10(13)6-4-9/h3-8H,2H2,1H3. The van der Waals surface area contributed by atoms with Gasteiger partial charge >= 0.3 is 5.97 Å². The molecule has 0 fully saturated rings. The first-order valence-corrected chi connectivity index (χ1v) is 5.57. The van der Waals surface area contributed by atoms with Gasteiger partial charge in [-0.2, -0.15) is 0 Å². The number of ketones is 1. The Balaban J connectivity index is 2.65. The van der Waals surface area contributed by atoms with E-state index in [0.717, 1.165) is 10.5 Å². The van der Waals surface area contributed by atoms with Crippen LogP contribution < -0.4 is 0 Å². The van der Waals surface area contributed by atoms with Crippen molar-refractivity contribution < 1.29 is 14.3 Å². The average molecular weight is 283 g/mol. The Labute approximate surface area is 102 Å². The second-order valence-electron chi connectivity index (χ2n) is 2.96. The topological polar surface area (TPSA) is 43.4 Å². The fraction of sp³-hybridized carbons (Fsp3) is 0.167. The summed E-state index contributed by atoms with van der Waals surface area (Å²) in [7, 11) is 0. The number of hydrogen-bond donors (Lipinski definition) is 0. The molecule has 0 aliphatic heterocycles. The van der Waals surface area contributed by atoms with Gasteiger partial charge in [-0.05, 0) is 37.3 Å². The summed E-state index contributed by atoms with van der Waals surface area (Å²) in [6.45, 7) is 2.01. The zero-order valence-corrected chi connectivity index (χ0v) is 10.4. The largest absolute Gasteiger partial charge is 0.463 e. The molecule has 4 heteroatoms. The minimum atomic E-state index is -0.507. The van der Waals surface area contributed by atoms with Gasteiger partial charge in [-0.1, -0.05) is 15.9 Å². The monoisotopic (exact) mass is 282 g/mol. The highest BCUT2D eigenvalue weighted by atomic mass is 79.9. The van der Waals surface area contributed by atoms with Gasteiger partial charge in [-0.15, -0.1) is 0 Å². The molecule has 0 aliphatic rings. The Hall–Kier alpha value is -1.42. The fourth-order valence-electron chi connectivity index (χ4n) is 1.04. The molecule has 0 unspecified atom stereocenters. The highest BCUT2D eigenvalue weighted by Gasteiger charge is 2.02. The van der Waals surface area contributed by atoms with Crippen LogP contribution in [0.25, 0.3) is 0 Å². The molecule has 0 saturated carbocycles. The summed E-state index contributed by atoms with van der Waals surface area (Å²) in [5.74, 6) is -0.728. The molecule has 1 aromatic carbocycles. The van der Waals surface area contributed by atoms with Crippen molar-refractivity contribution in [2.24, 2.45) is 0 Å². The third kappa shape index (κ3) is 3.98. The van der Waals surface area contributed by atoms with E-state index in [2.05, 4.69) is 20.7 Å². The van der Waals surface area contributed by atoms with Gasteiger partial charge in [0.25, 0.3) is 0 Å². The molecule has 16 heavy (non-hydrogen) atoms. The first kappa shape index (κ1) is 12.6. The normalized spacial score (nSPS) is 10.4. The highest BCUT2D eigenvalue weighted by Crippen LogP contribution is 2.11. The van der Waals surface area contributed by atoms with Crippen LogP contribution >= 0.6 is 15.9 Å². The summed E-state index contributed by atoms with van der Waals surface area (Å²) < 4.78 is 5.56. The predicted octanol–water partition coefficient (Wildman–Crippen LogP) is 2.75. The zero-order valence-electron chi connectivity index (χ0n) is 8.77. The van der Waals surface area contributed by atoms with Gasteiger partial charge in [0, 0.05) is 16.1 Å². The molecular weight excluding hydrogens is 272 g/mol. The summed E-state index contributed by atoms with van der Waals surface area (Å²) in [4.78, 5) is 22.5. The lowest BCUT2D eigenvalue weighted by molar-refractivity contribution is -0.137.